The zero-order valence-corrected chi connectivity index (χ0v) is 13.7. The summed E-state index contributed by atoms with van der Waals surface area (Å²) in [6.07, 6.45) is 4.81. The van der Waals surface area contributed by atoms with E-state index < -0.39 is 11.5 Å². The van der Waals surface area contributed by atoms with Crippen molar-refractivity contribution in [3.63, 3.8) is 0 Å². The van der Waals surface area contributed by atoms with Crippen LogP contribution in [-0.4, -0.2) is 40.1 Å². The quantitative estimate of drug-likeness (QED) is 0.816. The number of benzene rings is 1. The van der Waals surface area contributed by atoms with Crippen LogP contribution in [-0.2, 0) is 9.59 Å². The number of rotatable bonds is 5. The molecular formula is C18H24N2O3. The third kappa shape index (κ3) is 4.42. The molecular weight excluding hydrogens is 292 g/mol. The van der Waals surface area contributed by atoms with E-state index in [1.165, 1.54) is 13.0 Å². The molecule has 0 unspecified atom stereocenters. The zero-order chi connectivity index (χ0) is 16.9. The molecule has 5 heteroatoms. The van der Waals surface area contributed by atoms with E-state index in [4.69, 9.17) is 0 Å². The van der Waals surface area contributed by atoms with Crippen molar-refractivity contribution in [3.05, 3.63) is 42.0 Å². The molecule has 23 heavy (non-hydrogen) atoms. The number of hydrogen-bond acceptors (Lipinski definition) is 3. The van der Waals surface area contributed by atoms with Gasteiger partial charge in [0.25, 0.3) is 5.91 Å². The van der Waals surface area contributed by atoms with Crippen LogP contribution in [0.2, 0.25) is 0 Å². The van der Waals surface area contributed by atoms with Gasteiger partial charge in [0, 0.05) is 12.6 Å². The van der Waals surface area contributed by atoms with E-state index in [9.17, 15) is 14.7 Å². The average molecular weight is 316 g/mol. The molecule has 1 aromatic carbocycles. The van der Waals surface area contributed by atoms with Crippen molar-refractivity contribution in [1.29, 1.82) is 0 Å². The minimum Gasteiger partial charge on any atom is -0.380 e. The fourth-order valence-electron chi connectivity index (χ4n) is 2.48. The van der Waals surface area contributed by atoms with E-state index in [1.807, 2.05) is 30.3 Å². The van der Waals surface area contributed by atoms with Crippen molar-refractivity contribution in [3.8, 4) is 0 Å². The monoisotopic (exact) mass is 316 g/mol. The molecule has 0 aliphatic carbocycles. The number of carbonyl (C=O) groups is 2. The Kier molecular flexibility index (Phi) is 5.55. The lowest BCUT2D eigenvalue weighted by Crippen LogP contribution is -2.53. The Bertz CT molecular complexity index is 581. The minimum absolute atomic E-state index is 0.132. The van der Waals surface area contributed by atoms with Gasteiger partial charge in [-0.3, -0.25) is 9.59 Å². The molecule has 0 spiro atoms. The Hall–Kier alpha value is -2.14. The largest absolute Gasteiger partial charge is 0.380 e. The summed E-state index contributed by atoms with van der Waals surface area (Å²) in [7, 11) is 0. The standard InChI is InChI=1S/C18H24N2O3/c1-3-18(2,23)17(22)19-15-10-7-13-20(15)16(21)12-11-14-8-5-4-6-9-14/h4-6,8-9,11-12,15,23H,3,7,10,13H2,1-2H3,(H,19,22)/b12-11+/t15-,18-/m0/s1. The Labute approximate surface area is 137 Å². The molecule has 0 saturated carbocycles. The van der Waals surface area contributed by atoms with Crippen molar-refractivity contribution in [2.24, 2.45) is 0 Å². The van der Waals surface area contributed by atoms with Crippen LogP contribution in [0.3, 0.4) is 0 Å². The topological polar surface area (TPSA) is 69.6 Å². The van der Waals surface area contributed by atoms with E-state index in [0.29, 0.717) is 19.4 Å². The average Bonchev–Trinajstić information content (AvgIpc) is 3.01. The van der Waals surface area contributed by atoms with Gasteiger partial charge in [-0.05, 0) is 37.8 Å². The lowest BCUT2D eigenvalue weighted by molar-refractivity contribution is -0.141. The van der Waals surface area contributed by atoms with Gasteiger partial charge >= 0.3 is 0 Å². The Morgan fingerprint density at radius 2 is 2.09 bits per heavy atom. The Morgan fingerprint density at radius 3 is 2.74 bits per heavy atom. The summed E-state index contributed by atoms with van der Waals surface area (Å²) < 4.78 is 0. The Morgan fingerprint density at radius 1 is 1.39 bits per heavy atom. The van der Waals surface area contributed by atoms with E-state index in [-0.39, 0.29) is 12.1 Å². The van der Waals surface area contributed by atoms with Crippen LogP contribution in [0.25, 0.3) is 6.08 Å². The van der Waals surface area contributed by atoms with Crippen LogP contribution in [0, 0.1) is 0 Å². The Balaban J connectivity index is 1.99. The highest BCUT2D eigenvalue weighted by Gasteiger charge is 2.34. The molecule has 2 rings (SSSR count). The number of nitrogens with zero attached hydrogens (tertiary/aromatic N) is 1. The molecule has 2 N–H and O–H groups in total. The van der Waals surface area contributed by atoms with Crippen LogP contribution < -0.4 is 5.32 Å². The molecule has 1 saturated heterocycles. The second-order valence-corrected chi connectivity index (χ2v) is 6.03. The molecule has 5 nitrogen and oxygen atoms in total. The molecule has 1 fully saturated rings. The van der Waals surface area contributed by atoms with Crippen LogP contribution in [0.1, 0.15) is 38.7 Å². The molecule has 1 aromatic rings. The first kappa shape index (κ1) is 17.2. The van der Waals surface area contributed by atoms with Gasteiger partial charge < -0.3 is 15.3 Å². The summed E-state index contributed by atoms with van der Waals surface area (Å²) in [6, 6.07) is 9.59. The molecule has 1 heterocycles. The maximum absolute atomic E-state index is 12.4. The normalized spacial score (nSPS) is 20.5. The van der Waals surface area contributed by atoms with Gasteiger partial charge in [0.05, 0.1) is 0 Å². The number of carbonyl (C=O) groups excluding carboxylic acids is 2. The van der Waals surface area contributed by atoms with Gasteiger partial charge in [-0.15, -0.1) is 0 Å². The van der Waals surface area contributed by atoms with E-state index >= 15 is 0 Å². The van der Waals surface area contributed by atoms with Crippen LogP contribution >= 0.6 is 0 Å². The third-order valence-corrected chi connectivity index (χ3v) is 4.23. The van der Waals surface area contributed by atoms with Gasteiger partial charge in [0.15, 0.2) is 0 Å². The second-order valence-electron chi connectivity index (χ2n) is 6.03. The maximum atomic E-state index is 12.4. The van der Waals surface area contributed by atoms with Crippen LogP contribution in [0.4, 0.5) is 0 Å². The molecule has 1 aliphatic heterocycles. The van der Waals surface area contributed by atoms with E-state index in [0.717, 1.165) is 12.0 Å². The van der Waals surface area contributed by atoms with Crippen molar-refractivity contribution in [1.82, 2.24) is 10.2 Å². The summed E-state index contributed by atoms with van der Waals surface area (Å²) in [4.78, 5) is 26.1. The molecule has 2 amide bonds. The molecule has 1 aliphatic rings. The molecule has 2 atom stereocenters. The van der Waals surface area contributed by atoms with E-state index in [2.05, 4.69) is 5.32 Å². The number of hydrogen-bond donors (Lipinski definition) is 2. The van der Waals surface area contributed by atoms with Crippen LogP contribution in [0.15, 0.2) is 36.4 Å². The summed E-state index contributed by atoms with van der Waals surface area (Å²) in [5.74, 6) is -0.565. The lowest BCUT2D eigenvalue weighted by Gasteiger charge is -2.28. The SMILES string of the molecule is CC[C@](C)(O)C(=O)N[C@@H]1CCCN1C(=O)/C=C/c1ccccc1. The summed E-state index contributed by atoms with van der Waals surface area (Å²) in [5, 5.41) is 12.8. The van der Waals surface area contributed by atoms with Gasteiger partial charge in [-0.25, -0.2) is 0 Å². The smallest absolute Gasteiger partial charge is 0.253 e. The first-order chi connectivity index (χ1) is 10.9. The van der Waals surface area contributed by atoms with Crippen molar-refractivity contribution in [2.45, 2.75) is 44.9 Å². The van der Waals surface area contributed by atoms with Gasteiger partial charge in [-0.1, -0.05) is 37.3 Å². The number of likely N-dealkylation sites (tertiary alicyclic amines) is 1. The minimum atomic E-state index is -1.41. The van der Waals surface area contributed by atoms with Crippen molar-refractivity contribution in [2.75, 3.05) is 6.54 Å². The summed E-state index contributed by atoms with van der Waals surface area (Å²) in [5.41, 5.74) is -0.452. The first-order valence-corrected chi connectivity index (χ1v) is 8.01. The second kappa shape index (κ2) is 7.42. The van der Waals surface area contributed by atoms with Crippen molar-refractivity contribution < 1.29 is 14.7 Å². The van der Waals surface area contributed by atoms with Crippen molar-refractivity contribution >= 4 is 17.9 Å². The zero-order valence-electron chi connectivity index (χ0n) is 13.7. The number of aliphatic hydroxyl groups is 1. The predicted octanol–water partition coefficient (Wildman–Crippen LogP) is 1.93. The first-order valence-electron chi connectivity index (χ1n) is 8.01. The van der Waals surface area contributed by atoms with Gasteiger partial charge in [0.1, 0.15) is 11.8 Å². The summed E-state index contributed by atoms with van der Waals surface area (Å²) in [6.45, 7) is 3.84. The number of nitrogens with one attached hydrogen (secondary N) is 1. The highest BCUT2D eigenvalue weighted by Crippen LogP contribution is 2.18. The fraction of sp³-hybridized carbons (Fsp3) is 0.444. The molecule has 0 aromatic heterocycles. The molecule has 124 valence electrons. The number of amides is 2. The molecule has 0 bridgehead atoms. The van der Waals surface area contributed by atoms with Gasteiger partial charge in [0.2, 0.25) is 5.91 Å². The van der Waals surface area contributed by atoms with Crippen LogP contribution in [0.5, 0.6) is 0 Å². The highest BCUT2D eigenvalue weighted by molar-refractivity contribution is 5.92. The summed E-state index contributed by atoms with van der Waals surface area (Å²) >= 11 is 0. The fourth-order valence-corrected chi connectivity index (χ4v) is 2.48. The van der Waals surface area contributed by atoms with Gasteiger partial charge in [-0.2, -0.15) is 0 Å². The third-order valence-electron chi connectivity index (χ3n) is 4.23. The highest BCUT2D eigenvalue weighted by atomic mass is 16.3. The maximum Gasteiger partial charge on any atom is 0.253 e. The van der Waals surface area contributed by atoms with E-state index in [1.54, 1.807) is 17.9 Å². The molecule has 0 radical (unpaired) electrons. The lowest BCUT2D eigenvalue weighted by atomic mass is 10.0. The predicted molar refractivity (Wildman–Crippen MR) is 89.3 cm³/mol.